The minimum Gasteiger partial charge on any atom is -0.467 e. The molecule has 1 aromatic rings. The van der Waals surface area contributed by atoms with Gasteiger partial charge in [0.2, 0.25) is 0 Å². The molecule has 1 unspecified atom stereocenters. The van der Waals surface area contributed by atoms with Crippen molar-refractivity contribution in [3.05, 3.63) is 35.9 Å². The fourth-order valence-electron chi connectivity index (χ4n) is 2.52. The molecular formula is C14H19NO2. The number of carbonyl (C=O) groups is 1. The molecule has 1 fully saturated rings. The average molecular weight is 233 g/mol. The number of hydrogen-bond acceptors (Lipinski definition) is 3. The minimum absolute atomic E-state index is 0.175. The van der Waals surface area contributed by atoms with Crippen molar-refractivity contribution in [1.29, 1.82) is 0 Å². The molecule has 0 amide bonds. The highest BCUT2D eigenvalue weighted by atomic mass is 16.5. The van der Waals surface area contributed by atoms with Gasteiger partial charge in [-0.3, -0.25) is 5.32 Å². The zero-order valence-electron chi connectivity index (χ0n) is 10.2. The van der Waals surface area contributed by atoms with Crippen molar-refractivity contribution in [2.45, 2.75) is 31.2 Å². The number of ether oxygens (including phenoxy) is 1. The molecule has 0 spiro atoms. The first-order valence-electron chi connectivity index (χ1n) is 6.18. The molecule has 2 rings (SSSR count). The zero-order valence-corrected chi connectivity index (χ0v) is 10.2. The van der Waals surface area contributed by atoms with Crippen molar-refractivity contribution in [3.8, 4) is 0 Å². The van der Waals surface area contributed by atoms with Crippen LogP contribution in [0.25, 0.3) is 0 Å². The van der Waals surface area contributed by atoms with E-state index in [9.17, 15) is 4.79 Å². The number of hydrogen-bond donors (Lipinski definition) is 1. The second-order valence-corrected chi connectivity index (χ2v) is 4.50. The Bertz CT molecular complexity index is 367. The number of methoxy groups -OCH3 is 1. The van der Waals surface area contributed by atoms with Gasteiger partial charge in [-0.1, -0.05) is 43.2 Å². The van der Waals surface area contributed by atoms with Crippen LogP contribution in [0.15, 0.2) is 30.3 Å². The molecule has 1 saturated heterocycles. The van der Waals surface area contributed by atoms with Gasteiger partial charge in [0.15, 0.2) is 0 Å². The van der Waals surface area contributed by atoms with Crippen molar-refractivity contribution < 1.29 is 9.53 Å². The first kappa shape index (κ1) is 12.1. The van der Waals surface area contributed by atoms with Crippen molar-refractivity contribution in [2.75, 3.05) is 13.7 Å². The normalized spacial score (nSPS) is 25.0. The van der Waals surface area contributed by atoms with Gasteiger partial charge in [-0.25, -0.2) is 4.79 Å². The Labute approximate surface area is 102 Å². The Hall–Kier alpha value is -1.35. The number of rotatable bonds is 2. The van der Waals surface area contributed by atoms with Crippen LogP contribution in [0.1, 0.15) is 31.2 Å². The van der Waals surface area contributed by atoms with Gasteiger partial charge >= 0.3 is 5.97 Å². The fourth-order valence-corrected chi connectivity index (χ4v) is 2.52. The molecule has 0 bridgehead atoms. The van der Waals surface area contributed by atoms with Gasteiger partial charge in [0.1, 0.15) is 5.54 Å². The lowest BCUT2D eigenvalue weighted by molar-refractivity contribution is -0.149. The maximum atomic E-state index is 12.2. The largest absolute Gasteiger partial charge is 0.467 e. The topological polar surface area (TPSA) is 38.3 Å². The van der Waals surface area contributed by atoms with Crippen LogP contribution in [0.5, 0.6) is 0 Å². The summed E-state index contributed by atoms with van der Waals surface area (Å²) < 4.78 is 5.00. The summed E-state index contributed by atoms with van der Waals surface area (Å²) in [4.78, 5) is 12.2. The molecule has 1 heterocycles. The second-order valence-electron chi connectivity index (χ2n) is 4.50. The second kappa shape index (κ2) is 5.32. The minimum atomic E-state index is -0.646. The molecule has 0 saturated carbocycles. The van der Waals surface area contributed by atoms with Crippen molar-refractivity contribution >= 4 is 5.97 Å². The van der Waals surface area contributed by atoms with Crippen LogP contribution < -0.4 is 5.32 Å². The van der Waals surface area contributed by atoms with E-state index < -0.39 is 5.54 Å². The highest BCUT2D eigenvalue weighted by Gasteiger charge is 2.41. The van der Waals surface area contributed by atoms with Crippen molar-refractivity contribution in [1.82, 2.24) is 5.32 Å². The Balaban J connectivity index is 2.38. The molecular weight excluding hydrogens is 214 g/mol. The van der Waals surface area contributed by atoms with E-state index in [-0.39, 0.29) is 5.97 Å². The zero-order chi connectivity index (χ0) is 12.1. The summed E-state index contributed by atoms with van der Waals surface area (Å²) in [6.45, 7) is 0.865. The van der Waals surface area contributed by atoms with E-state index in [4.69, 9.17) is 4.74 Å². The van der Waals surface area contributed by atoms with Crippen LogP contribution in [-0.2, 0) is 15.1 Å². The summed E-state index contributed by atoms with van der Waals surface area (Å²) in [6.07, 6.45) is 4.14. The molecule has 3 nitrogen and oxygen atoms in total. The summed E-state index contributed by atoms with van der Waals surface area (Å²) in [5, 5.41) is 3.39. The monoisotopic (exact) mass is 233 g/mol. The summed E-state index contributed by atoms with van der Waals surface area (Å²) in [5.41, 5.74) is 0.362. The smallest absolute Gasteiger partial charge is 0.330 e. The molecule has 1 aliphatic heterocycles. The van der Waals surface area contributed by atoms with E-state index in [1.807, 2.05) is 30.3 Å². The first-order chi connectivity index (χ1) is 8.29. The molecule has 1 atom stereocenters. The van der Waals surface area contributed by atoms with Gasteiger partial charge in [0.25, 0.3) is 0 Å². The lowest BCUT2D eigenvalue weighted by Gasteiger charge is -2.31. The summed E-state index contributed by atoms with van der Waals surface area (Å²) in [5.74, 6) is -0.175. The molecule has 92 valence electrons. The van der Waals surface area contributed by atoms with E-state index >= 15 is 0 Å². The summed E-state index contributed by atoms with van der Waals surface area (Å²) >= 11 is 0. The van der Waals surface area contributed by atoms with E-state index in [2.05, 4.69) is 5.32 Å². The Morgan fingerprint density at radius 1 is 1.24 bits per heavy atom. The van der Waals surface area contributed by atoms with Crippen LogP contribution >= 0.6 is 0 Å². The van der Waals surface area contributed by atoms with Crippen LogP contribution in [-0.4, -0.2) is 19.6 Å². The number of nitrogens with one attached hydrogen (secondary N) is 1. The highest BCUT2D eigenvalue weighted by Crippen LogP contribution is 2.31. The van der Waals surface area contributed by atoms with Gasteiger partial charge < -0.3 is 4.74 Å². The van der Waals surface area contributed by atoms with Crippen molar-refractivity contribution in [2.24, 2.45) is 0 Å². The van der Waals surface area contributed by atoms with Crippen molar-refractivity contribution in [3.63, 3.8) is 0 Å². The Kier molecular flexibility index (Phi) is 3.79. The van der Waals surface area contributed by atoms with Gasteiger partial charge in [0, 0.05) is 0 Å². The van der Waals surface area contributed by atoms with Gasteiger partial charge in [-0.05, 0) is 24.9 Å². The van der Waals surface area contributed by atoms with Gasteiger partial charge in [-0.2, -0.15) is 0 Å². The van der Waals surface area contributed by atoms with E-state index in [0.29, 0.717) is 0 Å². The molecule has 0 aromatic heterocycles. The maximum Gasteiger partial charge on any atom is 0.330 e. The Morgan fingerprint density at radius 2 is 2.00 bits per heavy atom. The van der Waals surface area contributed by atoms with Crippen LogP contribution in [0.4, 0.5) is 0 Å². The average Bonchev–Trinajstić information content (AvgIpc) is 2.65. The lowest BCUT2D eigenvalue weighted by Crippen LogP contribution is -2.49. The third-order valence-corrected chi connectivity index (χ3v) is 3.46. The molecule has 0 aliphatic carbocycles. The molecule has 17 heavy (non-hydrogen) atoms. The van der Waals surface area contributed by atoms with Gasteiger partial charge in [-0.15, -0.1) is 0 Å². The van der Waals surface area contributed by atoms with Gasteiger partial charge in [0.05, 0.1) is 7.11 Å². The summed E-state index contributed by atoms with van der Waals surface area (Å²) in [7, 11) is 1.46. The number of carbonyl (C=O) groups excluding carboxylic acids is 1. The molecule has 1 N–H and O–H groups in total. The standard InChI is InChI=1S/C14H19NO2/c1-17-13(16)14(10-6-3-7-11-15-14)12-8-4-2-5-9-12/h2,4-5,8-9,15H,3,6-7,10-11H2,1H3. The van der Waals surface area contributed by atoms with E-state index in [1.54, 1.807) is 0 Å². The molecule has 3 heteroatoms. The number of esters is 1. The van der Waals surface area contributed by atoms with Crippen LogP contribution in [0.2, 0.25) is 0 Å². The predicted octanol–water partition coefficient (Wildman–Crippen LogP) is 2.22. The van der Waals surface area contributed by atoms with Crippen LogP contribution in [0, 0.1) is 0 Å². The maximum absolute atomic E-state index is 12.2. The lowest BCUT2D eigenvalue weighted by atomic mass is 9.85. The molecule has 0 radical (unpaired) electrons. The highest BCUT2D eigenvalue weighted by molar-refractivity contribution is 5.82. The third-order valence-electron chi connectivity index (χ3n) is 3.46. The first-order valence-corrected chi connectivity index (χ1v) is 6.18. The predicted molar refractivity (Wildman–Crippen MR) is 66.6 cm³/mol. The van der Waals surface area contributed by atoms with Crippen LogP contribution in [0.3, 0.4) is 0 Å². The third kappa shape index (κ3) is 2.34. The SMILES string of the molecule is COC(=O)C1(c2ccccc2)CCCCCN1. The molecule has 1 aliphatic rings. The Morgan fingerprint density at radius 3 is 2.71 bits per heavy atom. The number of benzene rings is 1. The summed E-state index contributed by atoms with van der Waals surface area (Å²) in [6, 6.07) is 9.88. The van der Waals surface area contributed by atoms with E-state index in [0.717, 1.165) is 31.4 Å². The molecule has 1 aromatic carbocycles. The quantitative estimate of drug-likeness (QED) is 0.796. The fraction of sp³-hybridized carbons (Fsp3) is 0.500. The van der Waals surface area contributed by atoms with E-state index in [1.165, 1.54) is 13.5 Å².